The third-order valence-corrected chi connectivity index (χ3v) is 2.42. The molecule has 1 aromatic rings. The molecule has 0 aliphatic carbocycles. The van der Waals surface area contributed by atoms with Gasteiger partial charge in [-0.2, -0.15) is 0 Å². The number of rotatable bonds is 6. The topological polar surface area (TPSA) is 56.2 Å². The molecule has 0 aromatic carbocycles. The van der Waals surface area contributed by atoms with Gasteiger partial charge in [-0.3, -0.25) is 0 Å². The van der Waals surface area contributed by atoms with Crippen LogP contribution in [0, 0.1) is 0 Å². The van der Waals surface area contributed by atoms with Crippen molar-refractivity contribution in [3.05, 3.63) is 18.2 Å². The van der Waals surface area contributed by atoms with Crippen LogP contribution in [0.3, 0.4) is 0 Å². The molecule has 96 valence electrons. The van der Waals surface area contributed by atoms with Crippen molar-refractivity contribution in [2.75, 3.05) is 6.61 Å². The zero-order valence-corrected chi connectivity index (χ0v) is 10.9. The number of nitrogens with zero attached hydrogens (tertiary/aromatic N) is 2. The van der Waals surface area contributed by atoms with Gasteiger partial charge in [0.2, 0.25) is 0 Å². The summed E-state index contributed by atoms with van der Waals surface area (Å²) in [5, 5.41) is 3.28. The number of hydrogen-bond acceptors (Lipinski definition) is 4. The van der Waals surface area contributed by atoms with E-state index in [0.29, 0.717) is 19.2 Å². The van der Waals surface area contributed by atoms with Gasteiger partial charge in [0.15, 0.2) is 0 Å². The summed E-state index contributed by atoms with van der Waals surface area (Å²) in [5.41, 5.74) is 0.926. The van der Waals surface area contributed by atoms with E-state index in [1.54, 1.807) is 24.7 Å². The lowest BCUT2D eigenvalue weighted by Gasteiger charge is -2.11. The lowest BCUT2D eigenvalue weighted by Crippen LogP contribution is -2.22. The normalized spacial score (nSPS) is 12.8. The molecule has 0 radical (unpaired) electrons. The Balaban J connectivity index is 2.57. The molecule has 5 nitrogen and oxygen atoms in total. The fourth-order valence-corrected chi connectivity index (χ4v) is 1.38. The molecule has 0 aliphatic rings. The van der Waals surface area contributed by atoms with E-state index < -0.39 is 0 Å². The number of hydrogen-bond donors (Lipinski definition) is 1. The molecule has 0 fully saturated rings. The van der Waals surface area contributed by atoms with Gasteiger partial charge in [-0.25, -0.2) is 9.78 Å². The maximum Gasteiger partial charge on any atom is 0.328 e. The number of esters is 1. The maximum absolute atomic E-state index is 11.5. The summed E-state index contributed by atoms with van der Waals surface area (Å²) in [7, 11) is 0. The first-order valence-electron chi connectivity index (χ1n) is 5.97. The Labute approximate surface area is 102 Å². The molecular weight excluding hydrogens is 218 g/mol. The van der Waals surface area contributed by atoms with Crippen LogP contribution in [0.1, 0.15) is 39.4 Å². The highest BCUT2D eigenvalue weighted by atomic mass is 16.5. The van der Waals surface area contributed by atoms with E-state index in [-0.39, 0.29) is 12.0 Å². The Morgan fingerprint density at radius 2 is 2.24 bits per heavy atom. The second kappa shape index (κ2) is 6.39. The average Bonchev–Trinajstić information content (AvgIpc) is 2.74. The van der Waals surface area contributed by atoms with Gasteiger partial charge in [-0.1, -0.05) is 13.8 Å². The van der Waals surface area contributed by atoms with Crippen molar-refractivity contribution in [2.24, 2.45) is 0 Å². The van der Waals surface area contributed by atoms with Crippen LogP contribution in [0.25, 0.3) is 0 Å². The number of nitrogens with one attached hydrogen (secondary N) is 1. The van der Waals surface area contributed by atoms with Crippen LogP contribution in [0.5, 0.6) is 0 Å². The molecule has 1 N–H and O–H groups in total. The van der Waals surface area contributed by atoms with E-state index in [1.807, 2.05) is 6.20 Å². The second-order valence-electron chi connectivity index (χ2n) is 4.28. The molecule has 0 spiro atoms. The number of carbonyl (C=O) groups excluding carboxylic acids is 1. The third kappa shape index (κ3) is 4.19. The van der Waals surface area contributed by atoms with Crippen LogP contribution < -0.4 is 5.32 Å². The summed E-state index contributed by atoms with van der Waals surface area (Å²) in [6.45, 7) is 8.88. The fraction of sp³-hybridized carbons (Fsp3) is 0.667. The smallest absolute Gasteiger partial charge is 0.328 e. The molecule has 1 unspecified atom stereocenters. The Hall–Kier alpha value is -1.36. The maximum atomic E-state index is 11.5. The van der Waals surface area contributed by atoms with Crippen molar-refractivity contribution in [1.82, 2.24) is 14.9 Å². The zero-order chi connectivity index (χ0) is 12.8. The summed E-state index contributed by atoms with van der Waals surface area (Å²) in [5.74, 6) is -0.228. The first kappa shape index (κ1) is 13.7. The molecule has 0 bridgehead atoms. The highest BCUT2D eigenvalue weighted by molar-refractivity contribution is 5.73. The van der Waals surface area contributed by atoms with E-state index in [2.05, 4.69) is 24.1 Å². The lowest BCUT2D eigenvalue weighted by molar-refractivity contribution is -0.146. The van der Waals surface area contributed by atoms with Crippen molar-refractivity contribution < 1.29 is 9.53 Å². The van der Waals surface area contributed by atoms with E-state index in [4.69, 9.17) is 4.74 Å². The molecule has 17 heavy (non-hydrogen) atoms. The molecular formula is C12H21N3O2. The summed E-state index contributed by atoms with van der Waals surface area (Å²) < 4.78 is 6.74. The van der Waals surface area contributed by atoms with Gasteiger partial charge in [0.1, 0.15) is 6.04 Å². The Bertz CT molecular complexity index is 360. The van der Waals surface area contributed by atoms with Gasteiger partial charge < -0.3 is 14.6 Å². The van der Waals surface area contributed by atoms with Crippen molar-refractivity contribution in [3.8, 4) is 0 Å². The quantitative estimate of drug-likeness (QED) is 0.764. The number of ether oxygens (including phenoxy) is 1. The van der Waals surface area contributed by atoms with Crippen molar-refractivity contribution in [1.29, 1.82) is 0 Å². The Kier molecular flexibility index (Phi) is 5.15. The molecule has 0 amide bonds. The fourth-order valence-electron chi connectivity index (χ4n) is 1.38. The van der Waals surface area contributed by atoms with E-state index in [0.717, 1.165) is 5.69 Å². The minimum absolute atomic E-state index is 0.228. The average molecular weight is 239 g/mol. The molecule has 0 saturated heterocycles. The van der Waals surface area contributed by atoms with Gasteiger partial charge >= 0.3 is 5.97 Å². The molecule has 1 atom stereocenters. The van der Waals surface area contributed by atoms with Crippen molar-refractivity contribution in [3.63, 3.8) is 0 Å². The molecule has 1 heterocycles. The molecule has 5 heteroatoms. The molecule has 1 aromatic heterocycles. The lowest BCUT2D eigenvalue weighted by atomic mass is 10.3. The van der Waals surface area contributed by atoms with Crippen molar-refractivity contribution >= 4 is 5.97 Å². The van der Waals surface area contributed by atoms with Gasteiger partial charge in [0.25, 0.3) is 0 Å². The SMILES string of the molecule is CCOC(=O)C(C)n1cnc(CNC(C)C)c1. The predicted octanol–water partition coefficient (Wildman–Crippen LogP) is 1.51. The van der Waals surface area contributed by atoms with E-state index in [9.17, 15) is 4.79 Å². The highest BCUT2D eigenvalue weighted by Crippen LogP contribution is 2.09. The first-order chi connectivity index (χ1) is 8.04. The van der Waals surface area contributed by atoms with Gasteiger partial charge in [-0.15, -0.1) is 0 Å². The van der Waals surface area contributed by atoms with Crippen LogP contribution >= 0.6 is 0 Å². The summed E-state index contributed by atoms with van der Waals surface area (Å²) in [6.07, 6.45) is 3.54. The van der Waals surface area contributed by atoms with Crippen LogP contribution in [-0.2, 0) is 16.1 Å². The Morgan fingerprint density at radius 1 is 1.53 bits per heavy atom. The van der Waals surface area contributed by atoms with Gasteiger partial charge in [-0.05, 0) is 13.8 Å². The number of imidazole rings is 1. The number of carbonyl (C=O) groups is 1. The zero-order valence-electron chi connectivity index (χ0n) is 10.9. The number of aromatic nitrogens is 2. The van der Waals surface area contributed by atoms with Crippen LogP contribution in [-0.4, -0.2) is 28.2 Å². The van der Waals surface area contributed by atoms with E-state index in [1.165, 1.54) is 0 Å². The summed E-state index contributed by atoms with van der Waals surface area (Å²) >= 11 is 0. The minimum Gasteiger partial charge on any atom is -0.464 e. The third-order valence-electron chi connectivity index (χ3n) is 2.42. The van der Waals surface area contributed by atoms with Crippen LogP contribution in [0.15, 0.2) is 12.5 Å². The van der Waals surface area contributed by atoms with Gasteiger partial charge in [0.05, 0.1) is 18.6 Å². The van der Waals surface area contributed by atoms with Crippen molar-refractivity contribution in [2.45, 2.75) is 46.3 Å². The largest absolute Gasteiger partial charge is 0.464 e. The van der Waals surface area contributed by atoms with Crippen LogP contribution in [0.4, 0.5) is 0 Å². The monoisotopic (exact) mass is 239 g/mol. The predicted molar refractivity (Wildman–Crippen MR) is 65.5 cm³/mol. The van der Waals surface area contributed by atoms with Gasteiger partial charge in [0, 0.05) is 18.8 Å². The Morgan fingerprint density at radius 3 is 2.82 bits per heavy atom. The standard InChI is InChI=1S/C12H21N3O2/c1-5-17-12(16)10(4)15-7-11(14-8-15)6-13-9(2)3/h7-10,13H,5-6H2,1-4H3. The second-order valence-corrected chi connectivity index (χ2v) is 4.28. The summed E-state index contributed by atoms with van der Waals surface area (Å²) in [6, 6.07) is 0.0953. The highest BCUT2D eigenvalue weighted by Gasteiger charge is 2.16. The minimum atomic E-state index is -0.324. The van der Waals surface area contributed by atoms with E-state index >= 15 is 0 Å². The first-order valence-corrected chi connectivity index (χ1v) is 5.97. The van der Waals surface area contributed by atoms with Crippen LogP contribution in [0.2, 0.25) is 0 Å². The molecule has 1 rings (SSSR count). The molecule has 0 aliphatic heterocycles. The summed E-state index contributed by atoms with van der Waals surface area (Å²) in [4.78, 5) is 15.8. The molecule has 0 saturated carbocycles.